The maximum absolute atomic E-state index is 13.8. The average molecular weight is 365 g/mol. The molecule has 1 aliphatic carbocycles. The van der Waals surface area contributed by atoms with E-state index in [-0.39, 0.29) is 24.2 Å². The molecule has 0 bridgehead atoms. The molecular formula is C19H28FN3O3. The number of nitrogens with zero attached hydrogens (tertiary/aromatic N) is 1. The smallest absolute Gasteiger partial charge is 0.321 e. The minimum atomic E-state index is -0.437. The molecule has 0 aromatic heterocycles. The molecule has 2 N–H and O–H groups in total. The maximum Gasteiger partial charge on any atom is 0.321 e. The Bertz CT molecular complexity index is 618. The van der Waals surface area contributed by atoms with Crippen molar-refractivity contribution >= 4 is 11.9 Å². The van der Waals surface area contributed by atoms with E-state index in [1.54, 1.807) is 12.1 Å². The second-order valence-electron chi connectivity index (χ2n) is 6.63. The van der Waals surface area contributed by atoms with Gasteiger partial charge in [0.05, 0.1) is 13.7 Å². The normalized spacial score (nSPS) is 14.9. The minimum Gasteiger partial charge on any atom is -0.494 e. The molecule has 2 rings (SSSR count). The largest absolute Gasteiger partial charge is 0.494 e. The number of hydrogen-bond donors (Lipinski definition) is 2. The Morgan fingerprint density at radius 3 is 2.62 bits per heavy atom. The third-order valence-electron chi connectivity index (χ3n) is 4.63. The van der Waals surface area contributed by atoms with Crippen LogP contribution in [0.25, 0.3) is 0 Å². The number of nitrogens with one attached hydrogen (secondary N) is 2. The van der Waals surface area contributed by atoms with Crippen LogP contribution in [0.4, 0.5) is 9.18 Å². The Kier molecular flexibility index (Phi) is 7.84. The number of likely N-dealkylation sites (N-methyl/N-ethyl adjacent to an activating group) is 1. The highest BCUT2D eigenvalue weighted by Crippen LogP contribution is 2.19. The van der Waals surface area contributed by atoms with Crippen LogP contribution in [0.2, 0.25) is 0 Å². The summed E-state index contributed by atoms with van der Waals surface area (Å²) in [6, 6.07) is 4.44. The van der Waals surface area contributed by atoms with Gasteiger partial charge in [-0.1, -0.05) is 32.3 Å². The SMILES string of the molecule is CCN(CC(=O)NC(=O)NC1CCCCC1)Cc1ccc(OC)c(F)c1. The van der Waals surface area contributed by atoms with Crippen molar-refractivity contribution in [3.63, 3.8) is 0 Å². The van der Waals surface area contributed by atoms with Crippen LogP contribution in [0.15, 0.2) is 18.2 Å². The van der Waals surface area contributed by atoms with E-state index in [0.29, 0.717) is 13.1 Å². The summed E-state index contributed by atoms with van der Waals surface area (Å²) in [4.78, 5) is 25.9. The minimum absolute atomic E-state index is 0.0717. The predicted molar refractivity (Wildman–Crippen MR) is 97.5 cm³/mol. The quantitative estimate of drug-likeness (QED) is 0.779. The molecule has 26 heavy (non-hydrogen) atoms. The van der Waals surface area contributed by atoms with E-state index in [0.717, 1.165) is 31.2 Å². The van der Waals surface area contributed by atoms with Gasteiger partial charge in [-0.2, -0.15) is 0 Å². The summed E-state index contributed by atoms with van der Waals surface area (Å²) in [6.45, 7) is 3.00. The van der Waals surface area contributed by atoms with Gasteiger partial charge in [0.25, 0.3) is 0 Å². The number of imide groups is 1. The Balaban J connectivity index is 1.81. The molecule has 3 amide bonds. The number of amides is 3. The molecule has 0 heterocycles. The molecule has 0 atom stereocenters. The number of carbonyl (C=O) groups excluding carboxylic acids is 2. The summed E-state index contributed by atoms with van der Waals surface area (Å²) < 4.78 is 18.7. The molecule has 1 aromatic carbocycles. The fourth-order valence-corrected chi connectivity index (χ4v) is 3.18. The van der Waals surface area contributed by atoms with Gasteiger partial charge in [-0.3, -0.25) is 15.0 Å². The molecule has 1 saturated carbocycles. The van der Waals surface area contributed by atoms with Crippen LogP contribution in [0.5, 0.6) is 5.75 Å². The number of carbonyl (C=O) groups is 2. The van der Waals surface area contributed by atoms with Gasteiger partial charge >= 0.3 is 6.03 Å². The number of halogens is 1. The van der Waals surface area contributed by atoms with Crippen LogP contribution in [0.1, 0.15) is 44.6 Å². The first-order valence-electron chi connectivity index (χ1n) is 9.17. The lowest BCUT2D eigenvalue weighted by Crippen LogP contribution is -2.47. The van der Waals surface area contributed by atoms with Gasteiger partial charge in [0, 0.05) is 12.6 Å². The van der Waals surface area contributed by atoms with Gasteiger partial charge < -0.3 is 10.1 Å². The van der Waals surface area contributed by atoms with Crippen LogP contribution in [0.3, 0.4) is 0 Å². The van der Waals surface area contributed by atoms with Gasteiger partial charge in [-0.25, -0.2) is 9.18 Å². The van der Waals surface area contributed by atoms with Crippen molar-refractivity contribution in [2.45, 2.75) is 51.6 Å². The monoisotopic (exact) mass is 365 g/mol. The molecule has 0 spiro atoms. The lowest BCUT2D eigenvalue weighted by molar-refractivity contribution is -0.121. The summed E-state index contributed by atoms with van der Waals surface area (Å²) >= 11 is 0. The van der Waals surface area contributed by atoms with E-state index >= 15 is 0 Å². The molecule has 1 aliphatic rings. The highest BCUT2D eigenvalue weighted by Gasteiger charge is 2.18. The zero-order valence-corrected chi connectivity index (χ0v) is 15.5. The highest BCUT2D eigenvalue weighted by molar-refractivity contribution is 5.95. The van der Waals surface area contributed by atoms with E-state index in [1.165, 1.54) is 19.6 Å². The molecule has 0 unspecified atom stereocenters. The maximum atomic E-state index is 13.8. The lowest BCUT2D eigenvalue weighted by atomic mass is 9.96. The van der Waals surface area contributed by atoms with Gasteiger partial charge in [-0.05, 0) is 37.1 Å². The summed E-state index contributed by atoms with van der Waals surface area (Å²) in [5, 5.41) is 5.24. The van der Waals surface area contributed by atoms with Crippen molar-refractivity contribution in [3.05, 3.63) is 29.6 Å². The molecule has 0 saturated heterocycles. The van der Waals surface area contributed by atoms with Gasteiger partial charge in [-0.15, -0.1) is 0 Å². The summed E-state index contributed by atoms with van der Waals surface area (Å²) in [7, 11) is 1.42. The van der Waals surface area contributed by atoms with Crippen molar-refractivity contribution in [2.24, 2.45) is 0 Å². The van der Waals surface area contributed by atoms with Crippen LogP contribution in [-0.2, 0) is 11.3 Å². The van der Waals surface area contributed by atoms with Crippen molar-refractivity contribution in [2.75, 3.05) is 20.2 Å². The molecule has 1 fully saturated rings. The van der Waals surface area contributed by atoms with E-state index in [2.05, 4.69) is 10.6 Å². The number of urea groups is 1. The first-order valence-corrected chi connectivity index (χ1v) is 9.17. The summed E-state index contributed by atoms with van der Waals surface area (Å²) in [5.41, 5.74) is 0.740. The number of hydrogen-bond acceptors (Lipinski definition) is 4. The number of methoxy groups -OCH3 is 1. The van der Waals surface area contributed by atoms with Crippen LogP contribution < -0.4 is 15.4 Å². The molecular weight excluding hydrogens is 337 g/mol. The third kappa shape index (κ3) is 6.29. The van der Waals surface area contributed by atoms with Crippen molar-refractivity contribution in [1.82, 2.24) is 15.5 Å². The molecule has 7 heteroatoms. The zero-order chi connectivity index (χ0) is 18.9. The predicted octanol–water partition coefficient (Wildman–Crippen LogP) is 2.81. The van der Waals surface area contributed by atoms with Gasteiger partial charge in [0.15, 0.2) is 11.6 Å². The van der Waals surface area contributed by atoms with Crippen molar-refractivity contribution in [1.29, 1.82) is 0 Å². The Morgan fingerprint density at radius 2 is 2.00 bits per heavy atom. The second kappa shape index (κ2) is 10.1. The number of rotatable bonds is 7. The van der Waals surface area contributed by atoms with Crippen molar-refractivity contribution in [3.8, 4) is 5.75 Å². The second-order valence-corrected chi connectivity index (χ2v) is 6.63. The van der Waals surface area contributed by atoms with Gasteiger partial charge in [0.1, 0.15) is 0 Å². The van der Waals surface area contributed by atoms with Crippen LogP contribution >= 0.6 is 0 Å². The first kappa shape index (κ1) is 20.2. The third-order valence-corrected chi connectivity index (χ3v) is 4.63. The fourth-order valence-electron chi connectivity index (χ4n) is 3.18. The van der Waals surface area contributed by atoms with Crippen LogP contribution in [0, 0.1) is 5.82 Å². The fraction of sp³-hybridized carbons (Fsp3) is 0.579. The summed E-state index contributed by atoms with van der Waals surface area (Å²) in [5.74, 6) is -0.611. The number of benzene rings is 1. The van der Waals surface area contributed by atoms with E-state index < -0.39 is 11.8 Å². The summed E-state index contributed by atoms with van der Waals surface area (Å²) in [6.07, 6.45) is 5.36. The Labute approximate surface area is 154 Å². The number of ether oxygens (including phenoxy) is 1. The van der Waals surface area contributed by atoms with Crippen LogP contribution in [-0.4, -0.2) is 43.1 Å². The van der Waals surface area contributed by atoms with Gasteiger partial charge in [0.2, 0.25) is 5.91 Å². The first-order chi connectivity index (χ1) is 12.5. The molecule has 144 valence electrons. The topological polar surface area (TPSA) is 70.7 Å². The molecule has 0 radical (unpaired) electrons. The van der Waals surface area contributed by atoms with E-state index in [9.17, 15) is 14.0 Å². The highest BCUT2D eigenvalue weighted by atomic mass is 19.1. The molecule has 6 nitrogen and oxygen atoms in total. The van der Waals surface area contributed by atoms with E-state index in [1.807, 2.05) is 11.8 Å². The van der Waals surface area contributed by atoms with E-state index in [4.69, 9.17) is 4.74 Å². The Morgan fingerprint density at radius 1 is 1.27 bits per heavy atom. The Hall–Kier alpha value is -2.15. The molecule has 1 aromatic rings. The zero-order valence-electron chi connectivity index (χ0n) is 15.5. The molecule has 0 aliphatic heterocycles. The average Bonchev–Trinajstić information content (AvgIpc) is 2.62. The van der Waals surface area contributed by atoms with Crippen molar-refractivity contribution < 1.29 is 18.7 Å². The lowest BCUT2D eigenvalue weighted by Gasteiger charge is -2.23. The standard InChI is InChI=1S/C19H28FN3O3/c1-3-23(12-14-9-10-17(26-2)16(20)11-14)13-18(24)22-19(25)21-15-7-5-4-6-8-15/h9-11,15H,3-8,12-13H2,1-2H3,(H2,21,22,24,25).